The van der Waals surface area contributed by atoms with Crippen molar-refractivity contribution in [3.63, 3.8) is 0 Å². The molecule has 0 heterocycles. The Bertz CT molecular complexity index is 225. The first kappa shape index (κ1) is 11.5. The van der Waals surface area contributed by atoms with Crippen LogP contribution < -0.4 is 0 Å². The Labute approximate surface area is 88.3 Å². The lowest BCUT2D eigenvalue weighted by atomic mass is 9.83. The van der Waals surface area contributed by atoms with E-state index >= 15 is 0 Å². The van der Waals surface area contributed by atoms with E-state index in [1.54, 1.807) is 5.57 Å². The molecular weight excluding hydrogens is 170 g/mol. The fourth-order valence-corrected chi connectivity index (χ4v) is 1.98. The highest BCUT2D eigenvalue weighted by Crippen LogP contribution is 2.30. The Hall–Kier alpha value is -0.590. The van der Waals surface area contributed by atoms with Gasteiger partial charge in [0.15, 0.2) is 0 Å². The third-order valence-corrected chi connectivity index (χ3v) is 3.16. The zero-order valence-electron chi connectivity index (χ0n) is 9.84. The number of aliphatic imine (C=N–C) groups is 1. The largest absolute Gasteiger partial charge is 0.293 e. The Kier molecular flexibility index (Phi) is 4.92. The van der Waals surface area contributed by atoms with E-state index in [1.807, 2.05) is 0 Å². The second-order valence-corrected chi connectivity index (χ2v) is 4.36. The average Bonchev–Trinajstić information content (AvgIpc) is 2.21. The summed E-state index contributed by atoms with van der Waals surface area (Å²) in [6.07, 6.45) is 8.52. The standard InChI is InChI=1S/C13H23N/c1-4-8-14-10-13-9-12(5-2)7-6-11(13)3/h10,12H,4-9H2,1-3H3/b14-10-. The van der Waals surface area contributed by atoms with Crippen LogP contribution in [0.1, 0.15) is 52.9 Å². The molecule has 0 N–H and O–H groups in total. The highest BCUT2D eigenvalue weighted by atomic mass is 14.7. The lowest BCUT2D eigenvalue weighted by Crippen LogP contribution is -2.09. The highest BCUT2D eigenvalue weighted by Gasteiger charge is 2.15. The van der Waals surface area contributed by atoms with Crippen molar-refractivity contribution in [2.45, 2.75) is 52.9 Å². The molecule has 0 aromatic rings. The Balaban J connectivity index is 2.55. The van der Waals surface area contributed by atoms with Crippen LogP contribution >= 0.6 is 0 Å². The molecule has 0 saturated carbocycles. The molecule has 14 heavy (non-hydrogen) atoms. The van der Waals surface area contributed by atoms with Crippen LogP contribution in [-0.4, -0.2) is 12.8 Å². The second-order valence-electron chi connectivity index (χ2n) is 4.36. The molecule has 0 aromatic carbocycles. The van der Waals surface area contributed by atoms with Gasteiger partial charge in [-0.2, -0.15) is 0 Å². The third-order valence-electron chi connectivity index (χ3n) is 3.16. The van der Waals surface area contributed by atoms with Gasteiger partial charge in [-0.3, -0.25) is 4.99 Å². The van der Waals surface area contributed by atoms with Gasteiger partial charge in [0.25, 0.3) is 0 Å². The minimum absolute atomic E-state index is 0.904. The van der Waals surface area contributed by atoms with E-state index in [-0.39, 0.29) is 0 Å². The zero-order chi connectivity index (χ0) is 10.4. The van der Waals surface area contributed by atoms with Gasteiger partial charge < -0.3 is 0 Å². The number of rotatable bonds is 4. The van der Waals surface area contributed by atoms with Crippen molar-refractivity contribution in [3.05, 3.63) is 11.1 Å². The molecule has 0 amide bonds. The summed E-state index contributed by atoms with van der Waals surface area (Å²) in [6.45, 7) is 7.72. The van der Waals surface area contributed by atoms with Crippen LogP contribution in [0, 0.1) is 5.92 Å². The monoisotopic (exact) mass is 193 g/mol. The van der Waals surface area contributed by atoms with Gasteiger partial charge in [-0.05, 0) is 44.1 Å². The molecule has 80 valence electrons. The zero-order valence-corrected chi connectivity index (χ0v) is 9.84. The molecule has 0 bridgehead atoms. The van der Waals surface area contributed by atoms with Crippen molar-refractivity contribution < 1.29 is 0 Å². The van der Waals surface area contributed by atoms with Crippen LogP contribution in [0.15, 0.2) is 16.1 Å². The summed E-state index contributed by atoms with van der Waals surface area (Å²) in [7, 11) is 0. The normalized spacial score (nSPS) is 23.5. The molecule has 1 aliphatic rings. The average molecular weight is 193 g/mol. The molecule has 0 fully saturated rings. The van der Waals surface area contributed by atoms with Crippen molar-refractivity contribution in [3.8, 4) is 0 Å². The maximum atomic E-state index is 4.45. The summed E-state index contributed by atoms with van der Waals surface area (Å²) in [4.78, 5) is 4.45. The van der Waals surface area contributed by atoms with Gasteiger partial charge in [-0.25, -0.2) is 0 Å². The summed E-state index contributed by atoms with van der Waals surface area (Å²) in [6, 6.07) is 0. The first-order chi connectivity index (χ1) is 6.77. The van der Waals surface area contributed by atoms with Crippen LogP contribution in [-0.2, 0) is 0 Å². The topological polar surface area (TPSA) is 12.4 Å². The predicted molar refractivity (Wildman–Crippen MR) is 64.0 cm³/mol. The van der Waals surface area contributed by atoms with Gasteiger partial charge in [-0.1, -0.05) is 25.8 Å². The molecule has 1 nitrogen and oxygen atoms in total. The highest BCUT2D eigenvalue weighted by molar-refractivity contribution is 5.79. The molecule has 1 rings (SSSR count). The van der Waals surface area contributed by atoms with Gasteiger partial charge in [0.05, 0.1) is 0 Å². The number of nitrogens with zero attached hydrogens (tertiary/aromatic N) is 1. The molecule has 0 spiro atoms. The molecule has 0 radical (unpaired) electrons. The van der Waals surface area contributed by atoms with Crippen LogP contribution in [0.5, 0.6) is 0 Å². The van der Waals surface area contributed by atoms with E-state index in [1.165, 1.54) is 31.3 Å². The van der Waals surface area contributed by atoms with E-state index in [4.69, 9.17) is 0 Å². The van der Waals surface area contributed by atoms with E-state index in [0.29, 0.717) is 0 Å². The summed E-state index contributed by atoms with van der Waals surface area (Å²) in [5.41, 5.74) is 3.08. The van der Waals surface area contributed by atoms with E-state index in [9.17, 15) is 0 Å². The van der Waals surface area contributed by atoms with Gasteiger partial charge in [-0.15, -0.1) is 0 Å². The van der Waals surface area contributed by atoms with Crippen LogP contribution in [0.3, 0.4) is 0 Å². The quantitative estimate of drug-likeness (QED) is 0.599. The van der Waals surface area contributed by atoms with Crippen LogP contribution in [0.25, 0.3) is 0 Å². The Morgan fingerprint density at radius 2 is 2.21 bits per heavy atom. The Morgan fingerprint density at radius 1 is 1.43 bits per heavy atom. The molecule has 0 aromatic heterocycles. The van der Waals surface area contributed by atoms with Gasteiger partial charge in [0, 0.05) is 12.8 Å². The van der Waals surface area contributed by atoms with Crippen molar-refractivity contribution in [1.82, 2.24) is 0 Å². The molecule has 0 saturated heterocycles. The minimum Gasteiger partial charge on any atom is -0.293 e. The van der Waals surface area contributed by atoms with Crippen molar-refractivity contribution in [1.29, 1.82) is 0 Å². The predicted octanol–water partition coefficient (Wildman–Crippen LogP) is 3.99. The second kappa shape index (κ2) is 6.00. The van der Waals surface area contributed by atoms with E-state index in [0.717, 1.165) is 18.9 Å². The molecule has 1 unspecified atom stereocenters. The molecular formula is C13H23N. The first-order valence-electron chi connectivity index (χ1n) is 5.96. The maximum absolute atomic E-state index is 4.45. The number of hydrogen-bond donors (Lipinski definition) is 0. The van der Waals surface area contributed by atoms with Gasteiger partial charge in [0.2, 0.25) is 0 Å². The van der Waals surface area contributed by atoms with Gasteiger partial charge >= 0.3 is 0 Å². The first-order valence-corrected chi connectivity index (χ1v) is 5.96. The molecule has 1 heteroatoms. The summed E-state index contributed by atoms with van der Waals surface area (Å²) >= 11 is 0. The van der Waals surface area contributed by atoms with Crippen molar-refractivity contribution in [2.24, 2.45) is 10.9 Å². The SMILES string of the molecule is CCC/N=C\C1=C(C)CCC(CC)C1. The number of hydrogen-bond acceptors (Lipinski definition) is 1. The minimum atomic E-state index is 0.904. The van der Waals surface area contributed by atoms with E-state index in [2.05, 4.69) is 32.0 Å². The fraction of sp³-hybridized carbons (Fsp3) is 0.769. The summed E-state index contributed by atoms with van der Waals surface area (Å²) in [5.74, 6) is 0.904. The molecule has 0 aliphatic heterocycles. The lowest BCUT2D eigenvalue weighted by Gasteiger charge is -2.22. The summed E-state index contributed by atoms with van der Waals surface area (Å²) < 4.78 is 0. The lowest BCUT2D eigenvalue weighted by molar-refractivity contribution is 0.449. The maximum Gasteiger partial charge on any atom is 0.0386 e. The summed E-state index contributed by atoms with van der Waals surface area (Å²) in [5, 5.41) is 0. The fourth-order valence-electron chi connectivity index (χ4n) is 1.98. The van der Waals surface area contributed by atoms with E-state index < -0.39 is 0 Å². The van der Waals surface area contributed by atoms with Crippen molar-refractivity contribution in [2.75, 3.05) is 6.54 Å². The third kappa shape index (κ3) is 3.28. The van der Waals surface area contributed by atoms with Crippen LogP contribution in [0.4, 0.5) is 0 Å². The van der Waals surface area contributed by atoms with Crippen LogP contribution in [0.2, 0.25) is 0 Å². The molecule has 1 atom stereocenters. The van der Waals surface area contributed by atoms with Crippen molar-refractivity contribution >= 4 is 6.21 Å². The van der Waals surface area contributed by atoms with Gasteiger partial charge in [0.1, 0.15) is 0 Å². The molecule has 1 aliphatic carbocycles. The smallest absolute Gasteiger partial charge is 0.0386 e. The Morgan fingerprint density at radius 3 is 2.86 bits per heavy atom. The number of allylic oxidation sites excluding steroid dienone is 2.